The molecule has 3 aromatic rings. The number of hydrogen-bond donors (Lipinski definition) is 0. The zero-order valence-corrected chi connectivity index (χ0v) is 11.5. The largest absolute Gasteiger partial charge is 0.448 e. The number of unbranched alkanes of at least 4 members (excludes halogenated alkanes) is 1. The van der Waals surface area contributed by atoms with Crippen molar-refractivity contribution in [3.8, 4) is 17.2 Å². The minimum absolute atomic E-state index is 0.922. The first-order valence-electron chi connectivity index (χ1n) is 7.19. The molecule has 100 valence electrons. The maximum absolute atomic E-state index is 6.03. The van der Waals surface area contributed by atoms with E-state index in [4.69, 9.17) is 4.74 Å². The van der Waals surface area contributed by atoms with E-state index in [0.717, 1.165) is 23.7 Å². The third-order valence-electron chi connectivity index (χ3n) is 3.88. The molecule has 0 aliphatic carbocycles. The number of hydrogen-bond acceptors (Lipinski definition) is 1. The molecule has 1 aliphatic heterocycles. The van der Waals surface area contributed by atoms with Crippen molar-refractivity contribution in [1.29, 1.82) is 0 Å². The Morgan fingerprint density at radius 1 is 1.05 bits per heavy atom. The summed E-state index contributed by atoms with van der Waals surface area (Å²) in [6, 6.07) is 14.5. The van der Waals surface area contributed by atoms with Crippen LogP contribution in [0.3, 0.4) is 0 Å². The Labute approximate surface area is 118 Å². The maximum Gasteiger partial charge on any atom is 0.250 e. The smallest absolute Gasteiger partial charge is 0.250 e. The van der Waals surface area contributed by atoms with Crippen LogP contribution in [0, 0.1) is 0 Å². The number of para-hydroxylation sites is 3. The highest BCUT2D eigenvalue weighted by atomic mass is 16.5. The molecule has 4 rings (SSSR count). The molecule has 1 aliphatic rings. The van der Waals surface area contributed by atoms with E-state index in [-0.39, 0.29) is 0 Å². The molecule has 1 aromatic heterocycles. The Hall–Kier alpha value is -2.29. The summed E-state index contributed by atoms with van der Waals surface area (Å²) in [4.78, 5) is 0. The van der Waals surface area contributed by atoms with E-state index in [0.29, 0.717) is 0 Å². The monoisotopic (exact) mass is 265 g/mol. The Balaban J connectivity index is 1.99. The van der Waals surface area contributed by atoms with Gasteiger partial charge in [0.25, 0.3) is 0 Å². The fourth-order valence-corrected chi connectivity index (χ4v) is 2.88. The first kappa shape index (κ1) is 11.5. The van der Waals surface area contributed by atoms with Crippen LogP contribution in [0.1, 0.15) is 19.8 Å². The van der Waals surface area contributed by atoms with Crippen molar-refractivity contribution in [3.63, 3.8) is 0 Å². The van der Waals surface area contributed by atoms with Crippen molar-refractivity contribution >= 4 is 11.0 Å². The number of rotatable bonds is 3. The van der Waals surface area contributed by atoms with Gasteiger partial charge in [-0.1, -0.05) is 31.5 Å². The molecular weight excluding hydrogens is 248 g/mol. The van der Waals surface area contributed by atoms with Crippen LogP contribution in [0.5, 0.6) is 11.5 Å². The Morgan fingerprint density at radius 2 is 1.90 bits per heavy atom. The van der Waals surface area contributed by atoms with Gasteiger partial charge in [-0.05, 0) is 30.7 Å². The Morgan fingerprint density at radius 3 is 2.80 bits per heavy atom. The van der Waals surface area contributed by atoms with Gasteiger partial charge in [0.05, 0.1) is 6.54 Å². The van der Waals surface area contributed by atoms with Gasteiger partial charge < -0.3 is 4.74 Å². The lowest BCUT2D eigenvalue weighted by molar-refractivity contribution is -0.672. The summed E-state index contributed by atoms with van der Waals surface area (Å²) < 4.78 is 10.6. The average molecular weight is 265 g/mol. The van der Waals surface area contributed by atoms with Gasteiger partial charge in [0.15, 0.2) is 22.7 Å². The highest BCUT2D eigenvalue weighted by Gasteiger charge is 2.27. The van der Waals surface area contributed by atoms with E-state index in [2.05, 4.69) is 46.7 Å². The summed E-state index contributed by atoms with van der Waals surface area (Å²) in [7, 11) is 0. The van der Waals surface area contributed by atoms with Crippen LogP contribution in [0.4, 0.5) is 0 Å². The van der Waals surface area contributed by atoms with Crippen molar-refractivity contribution in [2.45, 2.75) is 26.3 Å². The van der Waals surface area contributed by atoms with Gasteiger partial charge in [-0.3, -0.25) is 0 Å². The topological polar surface area (TPSA) is 18.0 Å². The van der Waals surface area contributed by atoms with E-state index in [1.54, 1.807) is 0 Å². The van der Waals surface area contributed by atoms with Gasteiger partial charge in [-0.2, -0.15) is 4.57 Å². The zero-order chi connectivity index (χ0) is 13.5. The molecule has 3 heteroatoms. The molecule has 20 heavy (non-hydrogen) atoms. The van der Waals surface area contributed by atoms with Crippen molar-refractivity contribution in [2.75, 3.05) is 0 Å². The molecule has 0 saturated carbocycles. The number of ether oxygens (including phenoxy) is 1. The molecule has 2 aromatic carbocycles. The first-order valence-corrected chi connectivity index (χ1v) is 7.19. The lowest BCUT2D eigenvalue weighted by Crippen LogP contribution is -2.31. The number of fused-ring (bicyclic) bond motifs is 2. The van der Waals surface area contributed by atoms with Crippen molar-refractivity contribution in [1.82, 2.24) is 4.57 Å². The summed E-state index contributed by atoms with van der Waals surface area (Å²) >= 11 is 0. The molecule has 0 bridgehead atoms. The normalized spacial score (nSPS) is 12.2. The number of aryl methyl sites for hydroxylation is 1. The van der Waals surface area contributed by atoms with Crippen LogP contribution in [0.15, 0.2) is 48.8 Å². The highest BCUT2D eigenvalue weighted by Crippen LogP contribution is 2.39. The predicted molar refractivity (Wildman–Crippen MR) is 78.5 cm³/mol. The van der Waals surface area contributed by atoms with Crippen molar-refractivity contribution in [2.24, 2.45) is 0 Å². The van der Waals surface area contributed by atoms with Gasteiger partial charge in [-0.15, -0.1) is 0 Å². The van der Waals surface area contributed by atoms with Gasteiger partial charge >= 0.3 is 0 Å². The van der Waals surface area contributed by atoms with Gasteiger partial charge in [0.1, 0.15) is 0 Å². The van der Waals surface area contributed by atoms with Crippen LogP contribution in [0.25, 0.3) is 16.7 Å². The fraction of sp³-hybridized carbons (Fsp3) is 0.235. The third-order valence-corrected chi connectivity index (χ3v) is 3.88. The van der Waals surface area contributed by atoms with Gasteiger partial charge in [0.2, 0.25) is 11.8 Å². The lowest BCUT2D eigenvalue weighted by atomic mass is 10.2. The number of nitrogens with zero attached hydrogens (tertiary/aromatic N) is 2. The summed E-state index contributed by atoms with van der Waals surface area (Å²) in [5, 5.41) is 0. The molecular formula is C17H17N2O+. The van der Waals surface area contributed by atoms with Crippen LogP contribution >= 0.6 is 0 Å². The van der Waals surface area contributed by atoms with E-state index in [9.17, 15) is 0 Å². The molecule has 0 amide bonds. The zero-order valence-electron chi connectivity index (χ0n) is 11.5. The van der Waals surface area contributed by atoms with Crippen LogP contribution in [0.2, 0.25) is 0 Å². The van der Waals surface area contributed by atoms with E-state index in [1.165, 1.54) is 23.9 Å². The average Bonchev–Trinajstić information content (AvgIpc) is 2.86. The summed E-state index contributed by atoms with van der Waals surface area (Å²) in [5.74, 6) is 1.86. The van der Waals surface area contributed by atoms with Crippen molar-refractivity contribution in [3.05, 3.63) is 48.8 Å². The standard InChI is InChI=1S/C17H17N2O/c1-2-3-11-18-12-19-13-7-4-5-9-15(13)20-16-10-6-8-14(18)17(16)19/h4-10,12H,2-3,11H2,1H3/q+1. The predicted octanol–water partition coefficient (Wildman–Crippen LogP) is 3.82. The fourth-order valence-electron chi connectivity index (χ4n) is 2.88. The van der Waals surface area contributed by atoms with E-state index >= 15 is 0 Å². The molecule has 0 radical (unpaired) electrons. The maximum atomic E-state index is 6.03. The Bertz CT molecular complexity index is 789. The molecule has 0 fully saturated rings. The minimum Gasteiger partial charge on any atom is -0.448 e. The van der Waals surface area contributed by atoms with Crippen LogP contribution in [-0.4, -0.2) is 4.57 Å². The van der Waals surface area contributed by atoms with E-state index in [1.807, 2.05) is 18.2 Å². The van der Waals surface area contributed by atoms with Crippen molar-refractivity contribution < 1.29 is 9.30 Å². The molecule has 0 atom stereocenters. The SMILES string of the molecule is CCCC[n+]1cn2c3c(cccc31)Oc1ccccc1-2. The van der Waals surface area contributed by atoms with Gasteiger partial charge in [-0.25, -0.2) is 4.57 Å². The first-order chi connectivity index (χ1) is 9.88. The highest BCUT2D eigenvalue weighted by molar-refractivity contribution is 5.84. The second-order valence-electron chi connectivity index (χ2n) is 5.23. The summed E-state index contributed by atoms with van der Waals surface area (Å²) in [6.45, 7) is 3.27. The van der Waals surface area contributed by atoms with Crippen LogP contribution in [-0.2, 0) is 6.54 Å². The number of imidazole rings is 1. The molecule has 0 saturated heterocycles. The Kier molecular flexibility index (Phi) is 2.52. The molecule has 0 spiro atoms. The summed E-state index contributed by atoms with van der Waals surface area (Å²) in [6.07, 6.45) is 4.59. The number of benzene rings is 2. The quantitative estimate of drug-likeness (QED) is 0.515. The molecule has 0 unspecified atom stereocenters. The second-order valence-corrected chi connectivity index (χ2v) is 5.23. The second kappa shape index (κ2) is 4.37. The summed E-state index contributed by atoms with van der Waals surface area (Å²) in [5.41, 5.74) is 3.53. The third kappa shape index (κ3) is 1.56. The van der Waals surface area contributed by atoms with Gasteiger partial charge in [0, 0.05) is 0 Å². The molecule has 0 N–H and O–H groups in total. The number of aromatic nitrogens is 2. The molecule has 2 heterocycles. The minimum atomic E-state index is 0.922. The van der Waals surface area contributed by atoms with Crippen LogP contribution < -0.4 is 9.30 Å². The lowest BCUT2D eigenvalue weighted by Gasteiger charge is -2.13. The molecule has 3 nitrogen and oxygen atoms in total. The van der Waals surface area contributed by atoms with E-state index < -0.39 is 0 Å².